The molecular weight excluding hydrogens is 383 g/mol. The average Bonchev–Trinajstić information content (AvgIpc) is 3.30. The van der Waals surface area contributed by atoms with E-state index in [-0.39, 0.29) is 29.5 Å². The van der Waals surface area contributed by atoms with E-state index in [4.69, 9.17) is 9.15 Å². The van der Waals surface area contributed by atoms with Crippen LogP contribution in [0, 0.1) is 24.6 Å². The summed E-state index contributed by atoms with van der Waals surface area (Å²) in [7, 11) is 1.65. The van der Waals surface area contributed by atoms with Crippen molar-refractivity contribution in [2.45, 2.75) is 33.2 Å². The molecule has 0 bridgehead atoms. The van der Waals surface area contributed by atoms with E-state index in [9.17, 15) is 9.18 Å². The number of methoxy groups -OCH3 is 1. The Morgan fingerprint density at radius 2 is 2.10 bits per heavy atom. The Morgan fingerprint density at radius 1 is 1.30 bits per heavy atom. The summed E-state index contributed by atoms with van der Waals surface area (Å²) < 4.78 is 24.9. The lowest BCUT2D eigenvalue weighted by Crippen LogP contribution is -2.41. The third-order valence-electron chi connectivity index (χ3n) is 5.79. The molecule has 0 aliphatic carbocycles. The van der Waals surface area contributed by atoms with Crippen molar-refractivity contribution in [3.63, 3.8) is 0 Å². The third kappa shape index (κ3) is 5.70. The summed E-state index contributed by atoms with van der Waals surface area (Å²) in [5, 5.41) is 0. The van der Waals surface area contributed by atoms with Gasteiger partial charge in [-0.05, 0) is 42.7 Å². The number of rotatable bonds is 9. The predicted molar refractivity (Wildman–Crippen MR) is 115 cm³/mol. The smallest absolute Gasteiger partial charge is 0.225 e. The van der Waals surface area contributed by atoms with Crippen LogP contribution in [0.1, 0.15) is 36.8 Å². The van der Waals surface area contributed by atoms with Gasteiger partial charge in [0, 0.05) is 45.1 Å². The van der Waals surface area contributed by atoms with Crippen LogP contribution in [0.3, 0.4) is 0 Å². The lowest BCUT2D eigenvalue weighted by Gasteiger charge is -2.29. The first-order chi connectivity index (χ1) is 14.4. The normalized spacial score (nSPS) is 19.5. The fourth-order valence-corrected chi connectivity index (χ4v) is 4.32. The number of hydrogen-bond donors (Lipinski definition) is 0. The van der Waals surface area contributed by atoms with Gasteiger partial charge in [0.05, 0.1) is 13.2 Å². The Balaban J connectivity index is 1.80. The number of benzene rings is 1. The lowest BCUT2D eigenvalue weighted by molar-refractivity contribution is -0.135. The van der Waals surface area contributed by atoms with Crippen LogP contribution in [-0.4, -0.2) is 55.6 Å². The SMILES string of the molecule is COCCN(CC1CN(Cc2ccc(C)o2)CC1c1cccc(F)c1)C(=O)C(C)C. The lowest BCUT2D eigenvalue weighted by atomic mass is 9.88. The number of furan rings is 1. The largest absolute Gasteiger partial charge is 0.465 e. The molecule has 1 aliphatic rings. The minimum absolute atomic E-state index is 0.0712. The van der Waals surface area contributed by atoms with E-state index in [1.807, 2.05) is 43.9 Å². The van der Waals surface area contributed by atoms with Crippen LogP contribution < -0.4 is 0 Å². The first-order valence-electron chi connectivity index (χ1n) is 10.7. The quantitative estimate of drug-likeness (QED) is 0.618. The van der Waals surface area contributed by atoms with Gasteiger partial charge in [0.15, 0.2) is 0 Å². The van der Waals surface area contributed by atoms with Gasteiger partial charge in [-0.1, -0.05) is 26.0 Å². The average molecular weight is 417 g/mol. The Morgan fingerprint density at radius 3 is 2.73 bits per heavy atom. The highest BCUT2D eigenvalue weighted by Crippen LogP contribution is 2.35. The summed E-state index contributed by atoms with van der Waals surface area (Å²) in [6.45, 7) is 9.84. The number of likely N-dealkylation sites (tertiary alicyclic amines) is 1. The van der Waals surface area contributed by atoms with Crippen molar-refractivity contribution in [1.82, 2.24) is 9.80 Å². The summed E-state index contributed by atoms with van der Waals surface area (Å²) in [5.41, 5.74) is 0.988. The van der Waals surface area contributed by atoms with Gasteiger partial charge in [-0.3, -0.25) is 9.69 Å². The maximum absolute atomic E-state index is 13.9. The molecule has 0 radical (unpaired) electrons. The molecule has 1 fully saturated rings. The minimum atomic E-state index is -0.221. The topological polar surface area (TPSA) is 45.9 Å². The second-order valence-corrected chi connectivity index (χ2v) is 8.56. The van der Waals surface area contributed by atoms with E-state index in [1.54, 1.807) is 19.2 Å². The molecule has 1 aromatic heterocycles. The summed E-state index contributed by atoms with van der Waals surface area (Å²) in [6.07, 6.45) is 0. The summed E-state index contributed by atoms with van der Waals surface area (Å²) in [5.74, 6) is 2.03. The van der Waals surface area contributed by atoms with Crippen molar-refractivity contribution in [2.75, 3.05) is 39.9 Å². The fourth-order valence-electron chi connectivity index (χ4n) is 4.32. The zero-order valence-corrected chi connectivity index (χ0v) is 18.4. The van der Waals surface area contributed by atoms with Crippen LogP contribution in [-0.2, 0) is 16.1 Å². The maximum Gasteiger partial charge on any atom is 0.225 e. The molecule has 2 unspecified atom stereocenters. The Bertz CT molecular complexity index is 835. The molecule has 30 heavy (non-hydrogen) atoms. The van der Waals surface area contributed by atoms with Gasteiger partial charge in [-0.2, -0.15) is 0 Å². The second kappa shape index (κ2) is 10.2. The molecule has 2 atom stereocenters. The van der Waals surface area contributed by atoms with Gasteiger partial charge in [0.2, 0.25) is 5.91 Å². The van der Waals surface area contributed by atoms with Gasteiger partial charge >= 0.3 is 0 Å². The van der Waals surface area contributed by atoms with Gasteiger partial charge in [-0.25, -0.2) is 4.39 Å². The molecule has 1 aromatic carbocycles. The molecular formula is C24H33FN2O3. The standard InChI is InChI=1S/C24H33FN2O3/c1-17(2)24(28)27(10-11-29-4)14-20-13-26(15-22-9-8-18(3)30-22)16-23(20)19-6-5-7-21(25)12-19/h5-9,12,17,20,23H,10-11,13-16H2,1-4H3. The molecule has 5 nitrogen and oxygen atoms in total. The van der Waals surface area contributed by atoms with E-state index in [2.05, 4.69) is 4.90 Å². The van der Waals surface area contributed by atoms with Gasteiger partial charge < -0.3 is 14.1 Å². The monoisotopic (exact) mass is 416 g/mol. The zero-order valence-electron chi connectivity index (χ0n) is 18.4. The Labute approximate surface area is 178 Å². The molecule has 3 rings (SSSR count). The van der Waals surface area contributed by atoms with Crippen LogP contribution in [0.15, 0.2) is 40.8 Å². The van der Waals surface area contributed by atoms with Crippen LogP contribution >= 0.6 is 0 Å². The molecule has 0 spiro atoms. The van der Waals surface area contributed by atoms with E-state index in [0.717, 1.165) is 30.2 Å². The van der Waals surface area contributed by atoms with E-state index < -0.39 is 0 Å². The number of ether oxygens (including phenoxy) is 1. The summed E-state index contributed by atoms with van der Waals surface area (Å²) in [6, 6.07) is 10.8. The number of amides is 1. The van der Waals surface area contributed by atoms with Gasteiger partial charge in [0.1, 0.15) is 17.3 Å². The maximum atomic E-state index is 13.9. The van der Waals surface area contributed by atoms with Gasteiger partial charge in [0.25, 0.3) is 0 Å². The first-order valence-corrected chi connectivity index (χ1v) is 10.7. The third-order valence-corrected chi connectivity index (χ3v) is 5.79. The van der Waals surface area contributed by atoms with E-state index in [0.29, 0.717) is 26.2 Å². The molecule has 0 saturated carbocycles. The molecule has 0 N–H and O–H groups in total. The summed E-state index contributed by atoms with van der Waals surface area (Å²) >= 11 is 0. The summed E-state index contributed by atoms with van der Waals surface area (Å²) in [4.78, 5) is 17.0. The first kappa shape index (κ1) is 22.5. The van der Waals surface area contributed by atoms with Crippen LogP contribution in [0.5, 0.6) is 0 Å². The molecule has 1 amide bonds. The van der Waals surface area contributed by atoms with Crippen LogP contribution in [0.25, 0.3) is 0 Å². The highest BCUT2D eigenvalue weighted by atomic mass is 19.1. The number of carbonyl (C=O) groups is 1. The number of carbonyl (C=O) groups excluding carboxylic acids is 1. The van der Waals surface area contributed by atoms with Crippen molar-refractivity contribution < 1.29 is 18.3 Å². The van der Waals surface area contributed by atoms with E-state index in [1.165, 1.54) is 6.07 Å². The molecule has 2 heterocycles. The van der Waals surface area contributed by atoms with Crippen molar-refractivity contribution in [2.24, 2.45) is 11.8 Å². The minimum Gasteiger partial charge on any atom is -0.465 e. The van der Waals surface area contributed by atoms with E-state index >= 15 is 0 Å². The van der Waals surface area contributed by atoms with Crippen molar-refractivity contribution in [1.29, 1.82) is 0 Å². The fraction of sp³-hybridized carbons (Fsp3) is 0.542. The number of halogens is 1. The Hall–Kier alpha value is -2.18. The molecule has 1 saturated heterocycles. The number of hydrogen-bond acceptors (Lipinski definition) is 4. The zero-order chi connectivity index (χ0) is 21.7. The molecule has 164 valence electrons. The van der Waals surface area contributed by atoms with Gasteiger partial charge in [-0.15, -0.1) is 0 Å². The van der Waals surface area contributed by atoms with Crippen molar-refractivity contribution in [3.05, 3.63) is 59.3 Å². The molecule has 1 aliphatic heterocycles. The highest BCUT2D eigenvalue weighted by molar-refractivity contribution is 5.78. The highest BCUT2D eigenvalue weighted by Gasteiger charge is 2.36. The second-order valence-electron chi connectivity index (χ2n) is 8.56. The predicted octanol–water partition coefficient (Wildman–Crippen LogP) is 4.07. The van der Waals surface area contributed by atoms with Crippen molar-refractivity contribution in [3.8, 4) is 0 Å². The number of nitrogens with zero attached hydrogens (tertiary/aromatic N) is 2. The molecule has 6 heteroatoms. The van der Waals surface area contributed by atoms with Crippen LogP contribution in [0.2, 0.25) is 0 Å². The van der Waals surface area contributed by atoms with Crippen LogP contribution in [0.4, 0.5) is 4.39 Å². The Kier molecular flexibility index (Phi) is 7.67. The number of aryl methyl sites for hydroxylation is 1. The van der Waals surface area contributed by atoms with Crippen molar-refractivity contribution >= 4 is 5.91 Å². The molecule has 2 aromatic rings.